The molecular weight excluding hydrogens is 493 g/mol. The van der Waals surface area contributed by atoms with E-state index in [1.165, 1.54) is 12.1 Å². The number of aliphatic hydroxyl groups is 2. The molecule has 10 heteroatoms. The molecule has 0 fully saturated rings. The van der Waals surface area contributed by atoms with Crippen LogP contribution in [-0.2, 0) is 17.8 Å². The predicted octanol–water partition coefficient (Wildman–Crippen LogP) is 3.59. The standard InChI is InChI=1S/C28H34FN3O6/c1-17(2)26-24(13-10-21(33)14-22(34)15-25(35)36)32(20-8-6-19(29)7-9-20)31-27(26)28(37)30-16-18-4-11-23(38-3)12-5-18/h4-9,11-12,17,21-22,33-34H,10,13-16H2,1-3H3,(H,30,37)(H,35,36)/t21-,22-/m1/s1. The molecule has 0 aliphatic carbocycles. The first-order valence-electron chi connectivity index (χ1n) is 12.5. The summed E-state index contributed by atoms with van der Waals surface area (Å²) in [7, 11) is 1.58. The Morgan fingerprint density at radius 2 is 1.71 bits per heavy atom. The number of carbonyl (C=O) groups is 2. The van der Waals surface area contributed by atoms with E-state index in [4.69, 9.17) is 9.84 Å². The Morgan fingerprint density at radius 1 is 1.05 bits per heavy atom. The molecule has 9 nitrogen and oxygen atoms in total. The highest BCUT2D eigenvalue weighted by atomic mass is 19.1. The topological polar surface area (TPSA) is 134 Å². The van der Waals surface area contributed by atoms with Crippen LogP contribution in [0.4, 0.5) is 4.39 Å². The minimum absolute atomic E-state index is 0.0940. The van der Waals surface area contributed by atoms with Gasteiger partial charge in [0.15, 0.2) is 5.69 Å². The van der Waals surface area contributed by atoms with E-state index in [1.54, 1.807) is 36.1 Å². The number of halogens is 1. The van der Waals surface area contributed by atoms with Crippen LogP contribution in [-0.4, -0.2) is 56.3 Å². The third kappa shape index (κ3) is 7.62. The van der Waals surface area contributed by atoms with Crippen LogP contribution in [0.25, 0.3) is 5.69 Å². The molecule has 3 aromatic rings. The van der Waals surface area contributed by atoms with Crippen LogP contribution < -0.4 is 10.1 Å². The largest absolute Gasteiger partial charge is 0.497 e. The molecule has 0 unspecified atom stereocenters. The summed E-state index contributed by atoms with van der Waals surface area (Å²) in [6.07, 6.45) is -2.19. The Bertz CT molecular complexity index is 1220. The van der Waals surface area contributed by atoms with Crippen molar-refractivity contribution in [1.82, 2.24) is 15.1 Å². The summed E-state index contributed by atoms with van der Waals surface area (Å²) in [5.74, 6) is -1.32. The molecule has 2 atom stereocenters. The van der Waals surface area contributed by atoms with Crippen LogP contribution in [0.5, 0.6) is 5.75 Å². The lowest BCUT2D eigenvalue weighted by atomic mass is 9.95. The zero-order valence-corrected chi connectivity index (χ0v) is 21.7. The second kappa shape index (κ2) is 13.2. The first-order valence-corrected chi connectivity index (χ1v) is 12.5. The number of aromatic nitrogens is 2. The molecule has 0 saturated heterocycles. The summed E-state index contributed by atoms with van der Waals surface area (Å²) in [5.41, 5.74) is 3.03. The lowest BCUT2D eigenvalue weighted by Crippen LogP contribution is -2.24. The zero-order chi connectivity index (χ0) is 27.8. The summed E-state index contributed by atoms with van der Waals surface area (Å²) in [6, 6.07) is 13.0. The van der Waals surface area contributed by atoms with Gasteiger partial charge < -0.3 is 25.4 Å². The van der Waals surface area contributed by atoms with Gasteiger partial charge in [0.2, 0.25) is 0 Å². The van der Waals surface area contributed by atoms with Crippen molar-refractivity contribution < 1.29 is 34.0 Å². The quantitative estimate of drug-likeness (QED) is 0.267. The summed E-state index contributed by atoms with van der Waals surface area (Å²) in [5, 5.41) is 36.7. The van der Waals surface area contributed by atoms with E-state index in [0.717, 1.165) is 5.56 Å². The van der Waals surface area contributed by atoms with Gasteiger partial charge in [0.05, 0.1) is 31.4 Å². The van der Waals surface area contributed by atoms with E-state index in [0.29, 0.717) is 29.1 Å². The molecule has 0 aliphatic heterocycles. The van der Waals surface area contributed by atoms with E-state index in [-0.39, 0.29) is 36.9 Å². The number of ether oxygens (including phenoxy) is 1. The Hall–Kier alpha value is -3.76. The number of carboxylic acids is 1. The van der Waals surface area contributed by atoms with Crippen molar-refractivity contribution in [3.05, 3.63) is 76.9 Å². The van der Waals surface area contributed by atoms with Crippen molar-refractivity contribution in [1.29, 1.82) is 0 Å². The predicted molar refractivity (Wildman–Crippen MR) is 139 cm³/mol. The molecule has 4 N–H and O–H groups in total. The maximum atomic E-state index is 13.6. The first-order chi connectivity index (χ1) is 18.1. The molecule has 1 amide bonds. The normalized spacial score (nSPS) is 12.8. The van der Waals surface area contributed by atoms with E-state index in [1.807, 2.05) is 26.0 Å². The number of aliphatic hydroxyl groups excluding tert-OH is 2. The molecule has 204 valence electrons. The van der Waals surface area contributed by atoms with Gasteiger partial charge in [-0.25, -0.2) is 9.07 Å². The van der Waals surface area contributed by atoms with Gasteiger partial charge in [-0.1, -0.05) is 26.0 Å². The number of hydrogen-bond acceptors (Lipinski definition) is 6. The van der Waals surface area contributed by atoms with E-state index >= 15 is 0 Å². The summed E-state index contributed by atoms with van der Waals surface area (Å²) in [4.78, 5) is 24.1. The highest BCUT2D eigenvalue weighted by Gasteiger charge is 2.26. The fourth-order valence-corrected chi connectivity index (χ4v) is 4.31. The number of benzene rings is 2. The number of carbonyl (C=O) groups excluding carboxylic acids is 1. The van der Waals surface area contributed by atoms with Crippen LogP contribution in [0.3, 0.4) is 0 Å². The van der Waals surface area contributed by atoms with Gasteiger partial charge in [-0.05, 0) is 67.1 Å². The number of hydrogen-bond donors (Lipinski definition) is 4. The van der Waals surface area contributed by atoms with Crippen LogP contribution in [0.1, 0.15) is 66.3 Å². The van der Waals surface area contributed by atoms with Gasteiger partial charge in [-0.3, -0.25) is 9.59 Å². The van der Waals surface area contributed by atoms with Crippen molar-refractivity contribution in [2.24, 2.45) is 0 Å². The van der Waals surface area contributed by atoms with Crippen molar-refractivity contribution in [3.63, 3.8) is 0 Å². The maximum absolute atomic E-state index is 13.6. The van der Waals surface area contributed by atoms with E-state index in [9.17, 15) is 24.2 Å². The van der Waals surface area contributed by atoms with Gasteiger partial charge in [-0.15, -0.1) is 0 Å². The fraction of sp³-hybridized carbons (Fsp3) is 0.393. The van der Waals surface area contributed by atoms with Crippen LogP contribution in [0.2, 0.25) is 0 Å². The molecule has 0 radical (unpaired) electrons. The first kappa shape index (κ1) is 28.8. The monoisotopic (exact) mass is 527 g/mol. The molecular formula is C28H34FN3O6. The van der Waals surface area contributed by atoms with E-state index in [2.05, 4.69) is 10.4 Å². The zero-order valence-electron chi connectivity index (χ0n) is 21.7. The van der Waals surface area contributed by atoms with Gasteiger partial charge >= 0.3 is 5.97 Å². The number of rotatable bonds is 13. The second-order valence-corrected chi connectivity index (χ2v) is 9.46. The van der Waals surface area contributed by atoms with Crippen molar-refractivity contribution in [3.8, 4) is 11.4 Å². The molecule has 0 spiro atoms. The summed E-state index contributed by atoms with van der Waals surface area (Å²) < 4.78 is 20.4. The summed E-state index contributed by atoms with van der Waals surface area (Å²) in [6.45, 7) is 4.14. The Balaban J connectivity index is 1.88. The number of nitrogens with one attached hydrogen (secondary N) is 1. The Morgan fingerprint density at radius 3 is 2.29 bits per heavy atom. The SMILES string of the molecule is COc1ccc(CNC(=O)c2nn(-c3ccc(F)cc3)c(CC[C@@H](O)C[C@@H](O)CC(=O)O)c2C(C)C)cc1. The number of nitrogens with zero attached hydrogens (tertiary/aromatic N) is 2. The molecule has 1 heterocycles. The third-order valence-electron chi connectivity index (χ3n) is 6.17. The molecule has 0 aliphatic rings. The summed E-state index contributed by atoms with van der Waals surface area (Å²) >= 11 is 0. The molecule has 38 heavy (non-hydrogen) atoms. The van der Waals surface area contributed by atoms with Crippen LogP contribution in [0.15, 0.2) is 48.5 Å². The lowest BCUT2D eigenvalue weighted by molar-refractivity contribution is -0.139. The second-order valence-electron chi connectivity index (χ2n) is 9.46. The van der Waals surface area contributed by atoms with Crippen LogP contribution in [0, 0.1) is 5.82 Å². The number of carboxylic acid groups (broad SMARTS) is 1. The third-order valence-corrected chi connectivity index (χ3v) is 6.17. The minimum atomic E-state index is -1.17. The van der Waals surface area contributed by atoms with Crippen LogP contribution >= 0.6 is 0 Å². The van der Waals surface area contributed by atoms with Crippen molar-refractivity contribution in [2.75, 3.05) is 7.11 Å². The average Bonchev–Trinajstić information content (AvgIpc) is 3.26. The number of aliphatic carboxylic acids is 1. The fourth-order valence-electron chi connectivity index (χ4n) is 4.31. The molecule has 0 saturated carbocycles. The average molecular weight is 528 g/mol. The van der Waals surface area contributed by atoms with Gasteiger partial charge in [0, 0.05) is 17.8 Å². The van der Waals surface area contributed by atoms with Gasteiger partial charge in [-0.2, -0.15) is 5.10 Å². The van der Waals surface area contributed by atoms with Crippen molar-refractivity contribution in [2.45, 2.75) is 64.2 Å². The molecule has 3 rings (SSSR count). The Labute approximate surface area is 220 Å². The highest BCUT2D eigenvalue weighted by molar-refractivity contribution is 5.94. The van der Waals surface area contributed by atoms with Crippen molar-refractivity contribution >= 4 is 11.9 Å². The lowest BCUT2D eigenvalue weighted by Gasteiger charge is -2.16. The number of methoxy groups -OCH3 is 1. The Kier molecular flexibility index (Phi) is 9.98. The molecule has 0 bridgehead atoms. The van der Waals surface area contributed by atoms with E-state index < -0.39 is 30.4 Å². The maximum Gasteiger partial charge on any atom is 0.305 e. The minimum Gasteiger partial charge on any atom is -0.497 e. The van der Waals surface area contributed by atoms with Gasteiger partial charge in [0.1, 0.15) is 11.6 Å². The van der Waals surface area contributed by atoms with Gasteiger partial charge in [0.25, 0.3) is 5.91 Å². The highest BCUT2D eigenvalue weighted by Crippen LogP contribution is 2.28. The number of amides is 1. The molecule has 2 aromatic carbocycles. The smallest absolute Gasteiger partial charge is 0.305 e. The molecule has 1 aromatic heterocycles.